The van der Waals surface area contributed by atoms with Crippen molar-refractivity contribution in [2.45, 2.75) is 69.8 Å². The fraction of sp³-hybridized carbons (Fsp3) is 0.433. The third-order valence-corrected chi connectivity index (χ3v) is 8.04. The zero-order valence-corrected chi connectivity index (χ0v) is 22.4. The number of hydrogen-bond donors (Lipinski definition) is 2. The molecular weight excluding hydrogens is 515 g/mol. The lowest BCUT2D eigenvalue weighted by Crippen LogP contribution is -2.38. The van der Waals surface area contributed by atoms with Crippen LogP contribution < -0.4 is 10.6 Å². The number of alkyl halides is 3. The Kier molecular flexibility index (Phi) is 7.60. The molecule has 1 saturated carbocycles. The molecule has 6 rings (SSSR count). The van der Waals surface area contributed by atoms with Crippen LogP contribution in [0, 0.1) is 0 Å². The first-order valence-electron chi connectivity index (χ1n) is 14.1. The molecule has 210 valence electrons. The van der Waals surface area contributed by atoms with Crippen LogP contribution in [0.5, 0.6) is 0 Å². The third-order valence-electron chi connectivity index (χ3n) is 8.04. The van der Waals surface area contributed by atoms with Crippen LogP contribution in [0.25, 0.3) is 11.2 Å². The largest absolute Gasteiger partial charge is 0.416 e. The molecule has 2 aromatic carbocycles. The summed E-state index contributed by atoms with van der Waals surface area (Å²) in [5.41, 5.74) is 2.61. The molecule has 0 atom stereocenters. The number of piperidine rings is 1. The number of fused-ring (bicyclic) bond motifs is 1. The molecule has 0 amide bonds. The van der Waals surface area contributed by atoms with Crippen LogP contribution in [0.1, 0.15) is 62.1 Å². The number of anilines is 3. The van der Waals surface area contributed by atoms with Crippen LogP contribution in [0.4, 0.5) is 30.6 Å². The van der Waals surface area contributed by atoms with Gasteiger partial charge < -0.3 is 15.2 Å². The molecule has 1 aliphatic heterocycles. The Bertz CT molecular complexity index is 1410. The standard InChI is InChI=1S/C30H34F3N7/c31-30(32,33)22-11-13-23(14-12-22)36-29-37-27(26-28(38-29)40(20-34-26)25-9-5-2-6-10-25)35-24-15-17-39(18-16-24)19-21-7-3-1-4-8-21/h1,3-4,7-8,11-14,20,24-25H,2,5-6,9-10,15-19H2,(H2,35,36,37,38). The smallest absolute Gasteiger partial charge is 0.365 e. The minimum Gasteiger partial charge on any atom is -0.365 e. The first kappa shape index (κ1) is 26.6. The van der Waals surface area contributed by atoms with Crippen molar-refractivity contribution in [2.24, 2.45) is 0 Å². The van der Waals surface area contributed by atoms with Gasteiger partial charge in [-0.3, -0.25) is 4.90 Å². The molecular formula is C30H34F3N7. The van der Waals surface area contributed by atoms with Gasteiger partial charge in [0.05, 0.1) is 11.9 Å². The van der Waals surface area contributed by atoms with Gasteiger partial charge in [-0.25, -0.2) is 4.98 Å². The van der Waals surface area contributed by atoms with Gasteiger partial charge in [0.2, 0.25) is 5.95 Å². The summed E-state index contributed by atoms with van der Waals surface area (Å²) in [6, 6.07) is 16.0. The van der Waals surface area contributed by atoms with Crippen molar-refractivity contribution in [2.75, 3.05) is 23.7 Å². The molecule has 1 saturated heterocycles. The monoisotopic (exact) mass is 549 g/mol. The molecule has 1 aliphatic carbocycles. The fourth-order valence-electron chi connectivity index (χ4n) is 5.84. The molecule has 7 nitrogen and oxygen atoms in total. The summed E-state index contributed by atoms with van der Waals surface area (Å²) in [5.74, 6) is 1.00. The van der Waals surface area contributed by atoms with E-state index in [9.17, 15) is 13.2 Å². The Labute approximate surface area is 231 Å². The lowest BCUT2D eigenvalue weighted by Gasteiger charge is -2.32. The highest BCUT2D eigenvalue weighted by Gasteiger charge is 2.30. The van der Waals surface area contributed by atoms with Gasteiger partial charge in [0.25, 0.3) is 0 Å². The second-order valence-electron chi connectivity index (χ2n) is 10.9. The van der Waals surface area contributed by atoms with Gasteiger partial charge in [-0.15, -0.1) is 0 Å². The zero-order valence-electron chi connectivity index (χ0n) is 22.4. The minimum absolute atomic E-state index is 0.240. The molecule has 40 heavy (non-hydrogen) atoms. The summed E-state index contributed by atoms with van der Waals surface area (Å²) in [6.45, 7) is 2.90. The SMILES string of the molecule is FC(F)(F)c1ccc(Nc2nc(NC3CCN(Cc4ccccc4)CC3)c3ncn(C4CCCCC4)c3n2)cc1. The molecule has 2 N–H and O–H groups in total. The van der Waals surface area contributed by atoms with E-state index in [1.165, 1.54) is 37.0 Å². The molecule has 0 unspecified atom stereocenters. The van der Waals surface area contributed by atoms with Crippen LogP contribution in [0.15, 0.2) is 60.9 Å². The van der Waals surface area contributed by atoms with Crippen LogP contribution in [-0.2, 0) is 12.7 Å². The van der Waals surface area contributed by atoms with Crippen molar-refractivity contribution in [3.8, 4) is 0 Å². The number of nitrogens with zero attached hydrogens (tertiary/aromatic N) is 5. The molecule has 4 aromatic rings. The summed E-state index contributed by atoms with van der Waals surface area (Å²) in [6.07, 6.45) is 5.21. The van der Waals surface area contributed by atoms with Crippen LogP contribution in [-0.4, -0.2) is 43.6 Å². The molecule has 0 radical (unpaired) electrons. The highest BCUT2D eigenvalue weighted by atomic mass is 19.4. The maximum atomic E-state index is 13.0. The van der Waals surface area contributed by atoms with Crippen molar-refractivity contribution in [1.29, 1.82) is 0 Å². The molecule has 0 bridgehead atoms. The lowest BCUT2D eigenvalue weighted by atomic mass is 9.95. The number of hydrogen-bond acceptors (Lipinski definition) is 6. The van der Waals surface area contributed by atoms with Crippen molar-refractivity contribution in [1.82, 2.24) is 24.4 Å². The average Bonchev–Trinajstić information content (AvgIpc) is 3.39. The predicted molar refractivity (Wildman–Crippen MR) is 151 cm³/mol. The molecule has 3 heterocycles. The van der Waals surface area contributed by atoms with Gasteiger partial charge in [-0.1, -0.05) is 49.6 Å². The Balaban J connectivity index is 1.23. The van der Waals surface area contributed by atoms with E-state index < -0.39 is 11.7 Å². The third kappa shape index (κ3) is 6.06. The number of rotatable bonds is 7. The maximum absolute atomic E-state index is 13.0. The van der Waals surface area contributed by atoms with E-state index in [-0.39, 0.29) is 6.04 Å². The van der Waals surface area contributed by atoms with Gasteiger partial charge in [0.15, 0.2) is 17.0 Å². The number of aromatic nitrogens is 4. The summed E-state index contributed by atoms with van der Waals surface area (Å²) in [4.78, 5) is 16.8. The van der Waals surface area contributed by atoms with E-state index in [2.05, 4.69) is 44.4 Å². The van der Waals surface area contributed by atoms with E-state index in [1.54, 1.807) is 0 Å². The van der Waals surface area contributed by atoms with Gasteiger partial charge in [-0.2, -0.15) is 23.1 Å². The second-order valence-corrected chi connectivity index (χ2v) is 10.9. The van der Waals surface area contributed by atoms with Crippen molar-refractivity contribution < 1.29 is 13.2 Å². The number of imidazole rings is 1. The average molecular weight is 550 g/mol. The van der Waals surface area contributed by atoms with E-state index >= 15 is 0 Å². The highest BCUT2D eigenvalue weighted by molar-refractivity contribution is 5.85. The van der Waals surface area contributed by atoms with Crippen molar-refractivity contribution in [3.63, 3.8) is 0 Å². The summed E-state index contributed by atoms with van der Waals surface area (Å²) in [5, 5.41) is 6.77. The Morgan fingerprint density at radius 2 is 1.57 bits per heavy atom. The quantitative estimate of drug-likeness (QED) is 0.255. The number of halogens is 3. The van der Waals surface area contributed by atoms with Crippen LogP contribution >= 0.6 is 0 Å². The number of nitrogens with one attached hydrogen (secondary N) is 2. The molecule has 10 heteroatoms. The van der Waals surface area contributed by atoms with Crippen molar-refractivity contribution in [3.05, 3.63) is 72.1 Å². The predicted octanol–water partition coefficient (Wildman–Crippen LogP) is 7.17. The maximum Gasteiger partial charge on any atom is 0.416 e. The van der Waals surface area contributed by atoms with Crippen LogP contribution in [0.2, 0.25) is 0 Å². The van der Waals surface area contributed by atoms with E-state index in [1.807, 2.05) is 12.4 Å². The van der Waals surface area contributed by atoms with Gasteiger partial charge >= 0.3 is 6.18 Å². The van der Waals surface area contributed by atoms with Crippen LogP contribution in [0.3, 0.4) is 0 Å². The first-order chi connectivity index (χ1) is 19.4. The number of benzene rings is 2. The second kappa shape index (κ2) is 11.4. The Morgan fingerprint density at radius 3 is 2.27 bits per heavy atom. The first-order valence-corrected chi connectivity index (χ1v) is 14.1. The summed E-state index contributed by atoms with van der Waals surface area (Å²) < 4.78 is 41.3. The highest BCUT2D eigenvalue weighted by Crippen LogP contribution is 2.34. The van der Waals surface area contributed by atoms with E-state index in [0.717, 1.165) is 68.6 Å². The van der Waals surface area contributed by atoms with Gasteiger partial charge in [0, 0.05) is 37.4 Å². The van der Waals surface area contributed by atoms with Gasteiger partial charge in [-0.05, 0) is 55.5 Å². The normalized spacial score (nSPS) is 17.8. The fourth-order valence-corrected chi connectivity index (χ4v) is 5.84. The Hall–Kier alpha value is -3.66. The Morgan fingerprint density at radius 1 is 0.850 bits per heavy atom. The van der Waals surface area contributed by atoms with Crippen molar-refractivity contribution >= 4 is 28.6 Å². The molecule has 0 spiro atoms. The minimum atomic E-state index is -4.38. The molecule has 2 aliphatic rings. The summed E-state index contributed by atoms with van der Waals surface area (Å²) in [7, 11) is 0. The van der Waals surface area contributed by atoms with E-state index in [4.69, 9.17) is 15.0 Å². The molecule has 2 fully saturated rings. The van der Waals surface area contributed by atoms with Gasteiger partial charge in [0.1, 0.15) is 0 Å². The summed E-state index contributed by atoms with van der Waals surface area (Å²) >= 11 is 0. The zero-order chi connectivity index (χ0) is 27.5. The lowest BCUT2D eigenvalue weighted by molar-refractivity contribution is -0.137. The number of likely N-dealkylation sites (tertiary alicyclic amines) is 1. The van der Waals surface area contributed by atoms with E-state index in [0.29, 0.717) is 23.5 Å². The molecule has 2 aromatic heterocycles. The topological polar surface area (TPSA) is 70.9 Å².